The van der Waals surface area contributed by atoms with Crippen molar-refractivity contribution in [2.75, 3.05) is 7.05 Å². The van der Waals surface area contributed by atoms with Crippen LogP contribution in [0.5, 0.6) is 0 Å². The molecule has 1 aliphatic carbocycles. The summed E-state index contributed by atoms with van der Waals surface area (Å²) >= 11 is 0. The fourth-order valence-corrected chi connectivity index (χ4v) is 7.96. The number of rotatable bonds is 5. The van der Waals surface area contributed by atoms with Crippen molar-refractivity contribution in [1.29, 1.82) is 10.7 Å². The summed E-state index contributed by atoms with van der Waals surface area (Å²) in [6.07, 6.45) is 6.09. The Morgan fingerprint density at radius 2 is 1.44 bits per heavy atom. The van der Waals surface area contributed by atoms with Gasteiger partial charge in [-0.2, -0.15) is 5.26 Å². The topological polar surface area (TPSA) is 76.1 Å². The Kier molecular flexibility index (Phi) is 7.24. The van der Waals surface area contributed by atoms with Gasteiger partial charge in [-0.05, 0) is 86.5 Å². The minimum Gasteiger partial charge on any atom is -0.455 e. The van der Waals surface area contributed by atoms with Crippen molar-refractivity contribution in [3.63, 3.8) is 0 Å². The van der Waals surface area contributed by atoms with Crippen LogP contribution in [0, 0.1) is 16.7 Å². The highest BCUT2D eigenvalue weighted by atomic mass is 16.3. The molecule has 9 rings (SSSR count). The second-order valence-electron chi connectivity index (χ2n) is 14.2. The molecule has 0 spiro atoms. The summed E-state index contributed by atoms with van der Waals surface area (Å²) in [6, 6.07) is 46.2. The molecule has 0 bridgehead atoms. The fraction of sp³-hybridized carbons (Fsp3) is 0.106. The molecule has 2 heterocycles. The van der Waals surface area contributed by atoms with Crippen LogP contribution in [0.3, 0.4) is 0 Å². The van der Waals surface area contributed by atoms with Crippen LogP contribution in [0.4, 0.5) is 0 Å². The van der Waals surface area contributed by atoms with Crippen LogP contribution >= 0.6 is 0 Å². The van der Waals surface area contributed by atoms with E-state index in [4.69, 9.17) is 4.42 Å². The van der Waals surface area contributed by atoms with E-state index in [1.807, 2.05) is 66.7 Å². The molecule has 0 saturated heterocycles. The smallest absolute Gasteiger partial charge is 0.143 e. The average Bonchev–Trinajstić information content (AvgIpc) is 3.68. The standard InChI is InChI=1S/C47H36N4O/c1-47(2)41-24-29(27-48)16-20-36(41)37-21-17-32(26-42(37)47)35-14-9-15-38-40-25-31(18-22-43(40)52-45(35)38)34-12-7-8-13-39(34)46(49)51(3)44-23-19-33(28-50-44)30-10-5-4-6-11-30/h4-26,28,44,49-50H,1-3H3. The number of furan rings is 1. The molecule has 2 N–H and O–H groups in total. The number of hydrogen-bond acceptors (Lipinski definition) is 4. The Labute approximate surface area is 303 Å². The molecule has 52 heavy (non-hydrogen) atoms. The van der Waals surface area contributed by atoms with Gasteiger partial charge < -0.3 is 14.6 Å². The zero-order valence-corrected chi connectivity index (χ0v) is 29.2. The zero-order chi connectivity index (χ0) is 35.6. The van der Waals surface area contributed by atoms with Gasteiger partial charge in [0, 0.05) is 40.6 Å². The second-order valence-corrected chi connectivity index (χ2v) is 14.2. The quantitative estimate of drug-likeness (QED) is 0.141. The van der Waals surface area contributed by atoms with Crippen LogP contribution in [-0.4, -0.2) is 23.9 Å². The maximum atomic E-state index is 9.56. The number of hydrogen-bond donors (Lipinski definition) is 2. The van der Waals surface area contributed by atoms with Gasteiger partial charge in [-0.25, -0.2) is 0 Å². The molecular weight excluding hydrogens is 637 g/mol. The van der Waals surface area contributed by atoms with E-state index in [0.717, 1.165) is 60.9 Å². The van der Waals surface area contributed by atoms with Crippen molar-refractivity contribution < 1.29 is 4.42 Å². The lowest BCUT2D eigenvalue weighted by Gasteiger charge is -2.31. The third-order valence-corrected chi connectivity index (χ3v) is 10.9. The Balaban J connectivity index is 1.05. The first-order chi connectivity index (χ1) is 25.3. The van der Waals surface area contributed by atoms with E-state index in [1.54, 1.807) is 0 Å². The van der Waals surface area contributed by atoms with Crippen LogP contribution < -0.4 is 5.32 Å². The number of likely N-dealkylation sites (N-methyl/N-ethyl adjacent to an activating group) is 1. The molecule has 5 heteroatoms. The normalized spacial score (nSPS) is 15.4. The minimum absolute atomic E-state index is 0.152. The lowest BCUT2D eigenvalue weighted by atomic mass is 9.81. The highest BCUT2D eigenvalue weighted by Gasteiger charge is 2.36. The summed E-state index contributed by atoms with van der Waals surface area (Å²) < 4.78 is 6.62. The molecule has 0 saturated carbocycles. The molecule has 5 nitrogen and oxygen atoms in total. The number of nitrogens with one attached hydrogen (secondary N) is 2. The predicted molar refractivity (Wildman–Crippen MR) is 212 cm³/mol. The molecule has 7 aromatic rings. The number of allylic oxidation sites excluding steroid dienone is 2. The Morgan fingerprint density at radius 1 is 0.731 bits per heavy atom. The van der Waals surface area contributed by atoms with Gasteiger partial charge in [0.1, 0.15) is 23.2 Å². The van der Waals surface area contributed by atoms with Gasteiger partial charge in [0.2, 0.25) is 0 Å². The molecule has 0 radical (unpaired) electrons. The van der Waals surface area contributed by atoms with E-state index < -0.39 is 0 Å². The fourth-order valence-electron chi connectivity index (χ4n) is 7.96. The highest BCUT2D eigenvalue weighted by Crippen LogP contribution is 2.50. The maximum absolute atomic E-state index is 9.56. The summed E-state index contributed by atoms with van der Waals surface area (Å²) in [4.78, 5) is 1.96. The number of nitriles is 1. The van der Waals surface area contributed by atoms with Crippen molar-refractivity contribution >= 4 is 33.3 Å². The van der Waals surface area contributed by atoms with Gasteiger partial charge in [0.15, 0.2) is 0 Å². The molecule has 2 aliphatic rings. The second kappa shape index (κ2) is 12.0. The lowest BCUT2D eigenvalue weighted by molar-refractivity contribution is 0.391. The van der Waals surface area contributed by atoms with E-state index in [-0.39, 0.29) is 11.6 Å². The minimum atomic E-state index is -0.232. The van der Waals surface area contributed by atoms with Gasteiger partial charge in [-0.1, -0.05) is 117 Å². The molecule has 1 aliphatic heterocycles. The third-order valence-electron chi connectivity index (χ3n) is 10.9. The predicted octanol–water partition coefficient (Wildman–Crippen LogP) is 10.9. The first kappa shape index (κ1) is 31.3. The maximum Gasteiger partial charge on any atom is 0.143 e. The largest absolute Gasteiger partial charge is 0.455 e. The van der Waals surface area contributed by atoms with Gasteiger partial charge in [0.05, 0.1) is 11.6 Å². The number of fused-ring (bicyclic) bond motifs is 6. The first-order valence-electron chi connectivity index (χ1n) is 17.6. The molecule has 1 atom stereocenters. The average molecular weight is 673 g/mol. The Hall–Kier alpha value is -6.64. The van der Waals surface area contributed by atoms with Crippen LogP contribution in [0.25, 0.3) is 60.9 Å². The van der Waals surface area contributed by atoms with Gasteiger partial charge in [-0.3, -0.25) is 5.41 Å². The number of para-hydroxylation sites is 1. The van der Waals surface area contributed by atoms with Crippen molar-refractivity contribution in [2.45, 2.75) is 25.4 Å². The summed E-state index contributed by atoms with van der Waals surface area (Å²) in [5, 5.41) is 24.4. The van der Waals surface area contributed by atoms with E-state index in [1.165, 1.54) is 22.3 Å². The third kappa shape index (κ3) is 4.95. The summed E-state index contributed by atoms with van der Waals surface area (Å²) in [6.45, 7) is 4.48. The van der Waals surface area contributed by atoms with E-state index >= 15 is 0 Å². The van der Waals surface area contributed by atoms with E-state index in [2.05, 4.69) is 116 Å². The van der Waals surface area contributed by atoms with Gasteiger partial charge in [0.25, 0.3) is 0 Å². The summed E-state index contributed by atoms with van der Waals surface area (Å²) in [5.41, 5.74) is 14.3. The van der Waals surface area contributed by atoms with Crippen molar-refractivity contribution in [2.24, 2.45) is 0 Å². The lowest BCUT2D eigenvalue weighted by Crippen LogP contribution is -2.44. The Morgan fingerprint density at radius 3 is 2.23 bits per heavy atom. The molecule has 1 unspecified atom stereocenters. The van der Waals surface area contributed by atoms with Crippen molar-refractivity contribution in [3.8, 4) is 39.4 Å². The van der Waals surface area contributed by atoms with Crippen LogP contribution in [-0.2, 0) is 5.41 Å². The summed E-state index contributed by atoms with van der Waals surface area (Å²) in [7, 11) is 1.96. The zero-order valence-electron chi connectivity index (χ0n) is 29.2. The molecule has 0 amide bonds. The number of nitrogens with zero attached hydrogens (tertiary/aromatic N) is 2. The van der Waals surface area contributed by atoms with Gasteiger partial charge in [-0.15, -0.1) is 0 Å². The van der Waals surface area contributed by atoms with Crippen LogP contribution in [0.15, 0.2) is 150 Å². The SMILES string of the molecule is CN(C(=N)c1ccccc1-c1ccc2oc3c(-c4ccc5c(c4)C(C)(C)c4cc(C#N)ccc4-5)cccc3c2c1)C1C=CC(c2ccccc2)=CN1. The van der Waals surface area contributed by atoms with Crippen molar-refractivity contribution in [3.05, 3.63) is 174 Å². The van der Waals surface area contributed by atoms with Crippen molar-refractivity contribution in [1.82, 2.24) is 10.2 Å². The highest BCUT2D eigenvalue weighted by molar-refractivity contribution is 6.11. The molecule has 1 aromatic heterocycles. The Bertz CT molecular complexity index is 2690. The molecule has 6 aromatic carbocycles. The molecular formula is C47H36N4O. The van der Waals surface area contributed by atoms with Crippen LogP contribution in [0.1, 0.15) is 41.7 Å². The molecule has 250 valence electrons. The monoisotopic (exact) mass is 672 g/mol. The molecule has 0 fully saturated rings. The van der Waals surface area contributed by atoms with Gasteiger partial charge >= 0.3 is 0 Å². The summed E-state index contributed by atoms with van der Waals surface area (Å²) in [5.74, 6) is 0.430. The van der Waals surface area contributed by atoms with E-state index in [0.29, 0.717) is 11.4 Å². The number of benzene rings is 6. The van der Waals surface area contributed by atoms with E-state index in [9.17, 15) is 10.7 Å². The van der Waals surface area contributed by atoms with Crippen LogP contribution in [0.2, 0.25) is 0 Å². The number of amidine groups is 1. The first-order valence-corrected chi connectivity index (χ1v) is 17.6. The number of dihydropyridines is 1.